The van der Waals surface area contributed by atoms with E-state index in [0.717, 1.165) is 11.3 Å². The standard InChI is InChI=1S/C16H20N6O4S/c1-16(2,3)26-15(25)21-14-20-12-13(27-14)19-9(7-18-12)22-5-4-8(11(17)24)6-10(22)23/h7-8H,4-6H2,1-3H3,(H2,17,24)(H,18,20,21,25). The molecule has 1 fully saturated rings. The molecule has 27 heavy (non-hydrogen) atoms. The van der Waals surface area contributed by atoms with Crippen LogP contribution in [0.1, 0.15) is 33.6 Å². The van der Waals surface area contributed by atoms with E-state index in [1.807, 2.05) is 0 Å². The van der Waals surface area contributed by atoms with Gasteiger partial charge in [-0.3, -0.25) is 19.8 Å². The normalized spacial score (nSPS) is 17.8. The fourth-order valence-corrected chi connectivity index (χ4v) is 3.38. The van der Waals surface area contributed by atoms with Crippen LogP contribution in [0.3, 0.4) is 0 Å². The lowest BCUT2D eigenvalue weighted by molar-refractivity contribution is -0.128. The van der Waals surface area contributed by atoms with E-state index in [1.165, 1.54) is 11.1 Å². The number of fused-ring (bicyclic) bond motifs is 1. The van der Waals surface area contributed by atoms with Gasteiger partial charge in [-0.1, -0.05) is 11.3 Å². The molecule has 3 amide bonds. The predicted octanol–water partition coefficient (Wildman–Crippen LogP) is 1.66. The van der Waals surface area contributed by atoms with Gasteiger partial charge in [-0.25, -0.2) is 14.8 Å². The van der Waals surface area contributed by atoms with Crippen molar-refractivity contribution in [1.29, 1.82) is 0 Å². The van der Waals surface area contributed by atoms with Crippen LogP contribution in [0.15, 0.2) is 6.20 Å². The van der Waals surface area contributed by atoms with Crippen LogP contribution >= 0.6 is 11.3 Å². The maximum Gasteiger partial charge on any atom is 0.413 e. The van der Waals surface area contributed by atoms with Crippen LogP contribution < -0.4 is 16.0 Å². The number of nitrogens with two attached hydrogens (primary N) is 1. The van der Waals surface area contributed by atoms with Crippen molar-refractivity contribution in [2.75, 3.05) is 16.8 Å². The van der Waals surface area contributed by atoms with Gasteiger partial charge < -0.3 is 10.5 Å². The fraction of sp³-hybridized carbons (Fsp3) is 0.500. The number of thiazole rings is 1. The average molecular weight is 392 g/mol. The summed E-state index contributed by atoms with van der Waals surface area (Å²) in [4.78, 5) is 50.2. The number of primary amides is 1. The van der Waals surface area contributed by atoms with Crippen molar-refractivity contribution < 1.29 is 19.1 Å². The number of piperidine rings is 1. The number of hydrogen-bond donors (Lipinski definition) is 2. The molecule has 1 atom stereocenters. The molecule has 0 bridgehead atoms. The highest BCUT2D eigenvalue weighted by Gasteiger charge is 2.31. The molecule has 11 heteroatoms. The zero-order valence-electron chi connectivity index (χ0n) is 15.2. The Bertz CT molecular complexity index is 906. The number of rotatable bonds is 3. The first-order valence-corrected chi connectivity index (χ1v) is 9.17. The van der Waals surface area contributed by atoms with Crippen LogP contribution in [-0.4, -0.2) is 45.0 Å². The Balaban J connectivity index is 1.75. The maximum atomic E-state index is 12.3. The SMILES string of the molecule is CC(C)(C)OC(=O)Nc1nc2ncc(N3CCC(C(N)=O)CC3=O)nc2s1. The summed E-state index contributed by atoms with van der Waals surface area (Å²) >= 11 is 1.13. The highest BCUT2D eigenvalue weighted by molar-refractivity contribution is 7.21. The topological polar surface area (TPSA) is 140 Å². The Hall–Kier alpha value is -2.82. The zero-order chi connectivity index (χ0) is 19.8. The van der Waals surface area contributed by atoms with E-state index < -0.39 is 23.5 Å². The van der Waals surface area contributed by atoms with Gasteiger partial charge in [0.1, 0.15) is 5.60 Å². The van der Waals surface area contributed by atoms with Gasteiger partial charge in [0, 0.05) is 18.9 Å². The van der Waals surface area contributed by atoms with E-state index in [9.17, 15) is 14.4 Å². The number of anilines is 2. The fourth-order valence-electron chi connectivity index (χ4n) is 2.61. The number of ether oxygens (including phenoxy) is 1. The number of hydrogen-bond acceptors (Lipinski definition) is 8. The summed E-state index contributed by atoms with van der Waals surface area (Å²) in [6, 6.07) is 0. The minimum absolute atomic E-state index is 0.0587. The zero-order valence-corrected chi connectivity index (χ0v) is 16.0. The van der Waals surface area contributed by atoms with Crippen molar-refractivity contribution in [3.63, 3.8) is 0 Å². The molecule has 0 saturated carbocycles. The summed E-state index contributed by atoms with van der Waals surface area (Å²) in [6.45, 7) is 5.63. The van der Waals surface area contributed by atoms with Gasteiger partial charge in [0.05, 0.1) is 6.20 Å². The Labute approximate surface area is 159 Å². The second-order valence-corrected chi connectivity index (χ2v) is 8.12. The number of carbonyl (C=O) groups is 3. The second kappa shape index (κ2) is 7.06. The summed E-state index contributed by atoms with van der Waals surface area (Å²) in [5, 5.41) is 2.85. The number of nitrogens with one attached hydrogen (secondary N) is 1. The minimum Gasteiger partial charge on any atom is -0.444 e. The molecule has 2 aromatic rings. The van der Waals surface area contributed by atoms with Gasteiger partial charge in [-0.15, -0.1) is 0 Å². The third-order valence-electron chi connectivity index (χ3n) is 3.82. The van der Waals surface area contributed by atoms with Crippen LogP contribution in [0.25, 0.3) is 10.5 Å². The van der Waals surface area contributed by atoms with Crippen molar-refractivity contribution in [1.82, 2.24) is 15.0 Å². The smallest absolute Gasteiger partial charge is 0.413 e. The molecule has 1 aliphatic rings. The molecule has 1 unspecified atom stereocenters. The molecule has 3 rings (SSSR count). The van der Waals surface area contributed by atoms with Crippen LogP contribution in [0.4, 0.5) is 15.7 Å². The van der Waals surface area contributed by atoms with Gasteiger partial charge in [-0.2, -0.15) is 4.98 Å². The highest BCUT2D eigenvalue weighted by Crippen LogP contribution is 2.28. The Morgan fingerprint density at radius 3 is 2.74 bits per heavy atom. The van der Waals surface area contributed by atoms with Gasteiger partial charge in [-0.05, 0) is 27.2 Å². The third kappa shape index (κ3) is 4.48. The summed E-state index contributed by atoms with van der Waals surface area (Å²) in [5.41, 5.74) is 5.01. The van der Waals surface area contributed by atoms with E-state index in [1.54, 1.807) is 20.8 Å². The predicted molar refractivity (Wildman–Crippen MR) is 99.3 cm³/mol. The van der Waals surface area contributed by atoms with Crippen LogP contribution in [0, 0.1) is 5.92 Å². The molecule has 0 aromatic carbocycles. The molecule has 3 heterocycles. The van der Waals surface area contributed by atoms with Crippen molar-refractivity contribution in [3.8, 4) is 0 Å². The van der Waals surface area contributed by atoms with Crippen molar-refractivity contribution in [2.45, 2.75) is 39.2 Å². The number of nitrogens with zero attached hydrogens (tertiary/aromatic N) is 4. The van der Waals surface area contributed by atoms with Crippen LogP contribution in [0.2, 0.25) is 0 Å². The first-order valence-electron chi connectivity index (χ1n) is 8.35. The van der Waals surface area contributed by atoms with Gasteiger partial charge in [0.2, 0.25) is 11.8 Å². The third-order valence-corrected chi connectivity index (χ3v) is 4.67. The highest BCUT2D eigenvalue weighted by atomic mass is 32.1. The first kappa shape index (κ1) is 19.0. The Morgan fingerprint density at radius 2 is 2.11 bits per heavy atom. The monoisotopic (exact) mass is 392 g/mol. The lowest BCUT2D eigenvalue weighted by atomic mass is 9.96. The largest absolute Gasteiger partial charge is 0.444 e. The molecule has 3 N–H and O–H groups in total. The summed E-state index contributed by atoms with van der Waals surface area (Å²) in [5.74, 6) is -0.762. The van der Waals surface area contributed by atoms with Gasteiger partial charge in [0.25, 0.3) is 0 Å². The van der Waals surface area contributed by atoms with E-state index in [4.69, 9.17) is 10.5 Å². The number of aromatic nitrogens is 3. The number of amides is 3. The molecule has 1 saturated heterocycles. The van der Waals surface area contributed by atoms with E-state index >= 15 is 0 Å². The molecule has 144 valence electrons. The van der Waals surface area contributed by atoms with E-state index in [0.29, 0.717) is 34.4 Å². The summed E-state index contributed by atoms with van der Waals surface area (Å²) < 4.78 is 5.19. The number of carbonyl (C=O) groups excluding carboxylic acids is 3. The minimum atomic E-state index is -0.623. The summed E-state index contributed by atoms with van der Waals surface area (Å²) in [7, 11) is 0. The molecule has 1 aliphatic heterocycles. The van der Waals surface area contributed by atoms with Gasteiger partial charge in [0.15, 0.2) is 21.4 Å². The lowest BCUT2D eigenvalue weighted by Gasteiger charge is -2.29. The molecule has 10 nitrogen and oxygen atoms in total. The first-order chi connectivity index (χ1) is 12.6. The average Bonchev–Trinajstić information content (AvgIpc) is 2.93. The van der Waals surface area contributed by atoms with Crippen LogP contribution in [-0.2, 0) is 14.3 Å². The van der Waals surface area contributed by atoms with Crippen LogP contribution in [0.5, 0.6) is 0 Å². The molecule has 0 radical (unpaired) electrons. The van der Waals surface area contributed by atoms with Crippen molar-refractivity contribution in [3.05, 3.63) is 6.20 Å². The Morgan fingerprint density at radius 1 is 1.37 bits per heavy atom. The maximum absolute atomic E-state index is 12.3. The molecular weight excluding hydrogens is 372 g/mol. The van der Waals surface area contributed by atoms with Crippen molar-refractivity contribution >= 4 is 50.7 Å². The van der Waals surface area contributed by atoms with Crippen molar-refractivity contribution in [2.24, 2.45) is 11.7 Å². The van der Waals surface area contributed by atoms with E-state index in [-0.39, 0.29) is 12.3 Å². The molecule has 0 aliphatic carbocycles. The second-order valence-electron chi connectivity index (χ2n) is 7.14. The molecule has 2 aromatic heterocycles. The summed E-state index contributed by atoms with van der Waals surface area (Å²) in [6.07, 6.45) is 1.37. The quantitative estimate of drug-likeness (QED) is 0.809. The van der Waals surface area contributed by atoms with Gasteiger partial charge >= 0.3 is 6.09 Å². The van der Waals surface area contributed by atoms with E-state index in [2.05, 4.69) is 20.3 Å². The lowest BCUT2D eigenvalue weighted by Crippen LogP contribution is -2.43. The molecular formula is C16H20N6O4S. The Kier molecular flexibility index (Phi) is 4.96. The molecule has 0 spiro atoms.